The van der Waals surface area contributed by atoms with Crippen molar-refractivity contribution in [2.24, 2.45) is 5.73 Å². The Bertz CT molecular complexity index is 630. The molecule has 0 unspecified atom stereocenters. The summed E-state index contributed by atoms with van der Waals surface area (Å²) in [5.74, 6) is -2.75. The van der Waals surface area contributed by atoms with E-state index in [1.807, 2.05) is 30.3 Å². The number of hydrogen-bond donors (Lipinski definition) is 5. The molecule has 0 spiro atoms. The summed E-state index contributed by atoms with van der Waals surface area (Å²) in [6.07, 6.45) is 0. The summed E-state index contributed by atoms with van der Waals surface area (Å²) in [4.78, 5) is 45.7. The molecule has 1 aromatic carbocycles. The zero-order valence-corrected chi connectivity index (χ0v) is 17.2. The van der Waals surface area contributed by atoms with Gasteiger partial charge in [-0.1, -0.05) is 0 Å². The van der Waals surface area contributed by atoms with E-state index in [0.29, 0.717) is 5.32 Å². The summed E-state index contributed by atoms with van der Waals surface area (Å²) in [5, 5.41) is 16.2. The van der Waals surface area contributed by atoms with Crippen molar-refractivity contribution < 1.29 is 24.3 Å². The van der Waals surface area contributed by atoms with Crippen LogP contribution in [0.3, 0.4) is 0 Å². The van der Waals surface area contributed by atoms with Crippen LogP contribution in [0.1, 0.15) is 0 Å². The van der Waals surface area contributed by atoms with Crippen LogP contribution >= 0.6 is 0 Å². The van der Waals surface area contributed by atoms with Crippen molar-refractivity contribution >= 4 is 54.4 Å². The van der Waals surface area contributed by atoms with Crippen LogP contribution in [0, 0.1) is 0 Å². The summed E-state index contributed by atoms with van der Waals surface area (Å²) in [6, 6.07) is 8.95. The number of benzene rings is 1. The molecule has 0 saturated heterocycles. The monoisotopic (exact) mass is 496 g/mol. The first-order valence-corrected chi connectivity index (χ1v) is 13.9. The molecule has 1 rings (SSSR count). The quantitative estimate of drug-likeness (QED) is 0.205. The van der Waals surface area contributed by atoms with Gasteiger partial charge in [0.05, 0.1) is 0 Å². The van der Waals surface area contributed by atoms with Crippen molar-refractivity contribution in [1.29, 1.82) is 0 Å². The van der Waals surface area contributed by atoms with E-state index in [1.54, 1.807) is 0 Å². The number of nitrogens with two attached hydrogens (primary N) is 1. The summed E-state index contributed by atoms with van der Waals surface area (Å²) < 4.78 is 1.19. The van der Waals surface area contributed by atoms with E-state index in [4.69, 9.17) is 10.8 Å². The number of aliphatic carboxylic acids is 1. The van der Waals surface area contributed by atoms with Crippen LogP contribution in [0.25, 0.3) is 0 Å². The predicted octanol–water partition coefficient (Wildman–Crippen LogP) is -3.19. The minimum absolute atomic E-state index is 0.0768. The van der Waals surface area contributed by atoms with Gasteiger partial charge in [0.2, 0.25) is 0 Å². The van der Waals surface area contributed by atoms with Crippen molar-refractivity contribution in [2.75, 3.05) is 19.6 Å². The second-order valence-corrected chi connectivity index (χ2v) is 11.8. The topological polar surface area (TPSA) is 151 Å². The molecule has 11 heteroatoms. The summed E-state index contributed by atoms with van der Waals surface area (Å²) in [5.41, 5.74) is 5.14. The number of nitrogens with one attached hydrogen (secondary N) is 3. The molecule has 1 atom stereocenters. The Morgan fingerprint density at radius 3 is 2.35 bits per heavy atom. The van der Waals surface area contributed by atoms with Crippen molar-refractivity contribution in [3.05, 3.63) is 30.3 Å². The second kappa shape index (κ2) is 12.5. The van der Waals surface area contributed by atoms with Crippen molar-refractivity contribution in [1.82, 2.24) is 16.0 Å². The van der Waals surface area contributed by atoms with Crippen LogP contribution in [0.5, 0.6) is 0 Å². The first kappa shape index (κ1) is 22.1. The number of carboxylic acid groups (broad SMARTS) is 1. The van der Waals surface area contributed by atoms with E-state index in [2.05, 4.69) is 16.0 Å². The number of carbonyl (C=O) groups excluding carboxylic acids is 3. The van der Waals surface area contributed by atoms with Gasteiger partial charge in [-0.25, -0.2) is 0 Å². The number of carbonyl (C=O) groups is 4. The first-order chi connectivity index (χ1) is 12.4. The van der Waals surface area contributed by atoms with Gasteiger partial charge >= 0.3 is 162 Å². The Balaban J connectivity index is 2.56. The van der Waals surface area contributed by atoms with Crippen molar-refractivity contribution in [2.45, 2.75) is 11.4 Å². The van der Waals surface area contributed by atoms with Crippen LogP contribution in [0.2, 0.25) is 5.32 Å². The molecule has 0 bridgehead atoms. The summed E-state index contributed by atoms with van der Waals surface area (Å²) in [6.45, 7) is -1.06. The molecule has 0 radical (unpaired) electrons. The molecule has 1 aromatic rings. The third kappa shape index (κ3) is 9.55. The van der Waals surface area contributed by atoms with Gasteiger partial charge in [0.25, 0.3) is 0 Å². The molecule has 0 fully saturated rings. The first-order valence-electron chi connectivity index (χ1n) is 7.52. The second-order valence-electron chi connectivity index (χ2n) is 4.89. The molecule has 0 heterocycles. The Morgan fingerprint density at radius 2 is 1.73 bits per heavy atom. The fraction of sp³-hybridized carbons (Fsp3) is 0.333. The van der Waals surface area contributed by atoms with E-state index < -0.39 is 36.3 Å². The molecule has 26 heavy (non-hydrogen) atoms. The standard InChI is InChI=1S/C15H20N4O5Se2/c16-6-12(20)17-7-13(21)19-11(15(24)18-8-14(22)23)9-25-26-10-4-2-1-3-5-10/h1-5,11H,6-9,16H2,(H,17,20)(H,18,24)(H,19,21)(H,22,23)/t11-/m0/s1. The molecular weight excluding hydrogens is 474 g/mol. The molecular formula is C15H20N4O5Se2. The molecule has 0 aliphatic heterocycles. The van der Waals surface area contributed by atoms with Gasteiger partial charge in [-0.05, 0) is 0 Å². The van der Waals surface area contributed by atoms with Gasteiger partial charge in [-0.15, -0.1) is 0 Å². The molecule has 0 aliphatic rings. The van der Waals surface area contributed by atoms with E-state index in [9.17, 15) is 19.2 Å². The number of carboxylic acids is 1. The van der Waals surface area contributed by atoms with Crippen LogP contribution in [-0.4, -0.2) is 80.7 Å². The average molecular weight is 494 g/mol. The Kier molecular flexibility index (Phi) is 10.6. The minimum atomic E-state index is -1.17. The SMILES string of the molecule is NCC(=O)NCC(=O)N[C@@H](C[Se][Se]c1ccccc1)C(=O)NCC(=O)O. The number of rotatable bonds is 11. The molecule has 0 saturated carbocycles. The fourth-order valence-electron chi connectivity index (χ4n) is 1.61. The van der Waals surface area contributed by atoms with Gasteiger partial charge in [0.1, 0.15) is 0 Å². The van der Waals surface area contributed by atoms with E-state index in [1.165, 1.54) is 4.46 Å². The number of amides is 3. The molecule has 9 nitrogen and oxygen atoms in total. The van der Waals surface area contributed by atoms with Gasteiger partial charge in [0.15, 0.2) is 0 Å². The van der Waals surface area contributed by atoms with E-state index in [0.717, 1.165) is 0 Å². The molecule has 0 aliphatic carbocycles. The zero-order valence-electron chi connectivity index (χ0n) is 13.8. The fourth-order valence-corrected chi connectivity index (χ4v) is 8.30. The van der Waals surface area contributed by atoms with Crippen LogP contribution < -0.4 is 26.1 Å². The van der Waals surface area contributed by atoms with Crippen molar-refractivity contribution in [3.8, 4) is 0 Å². The average Bonchev–Trinajstić information content (AvgIpc) is 2.64. The van der Waals surface area contributed by atoms with Crippen LogP contribution in [-0.2, 0) is 19.2 Å². The van der Waals surface area contributed by atoms with Crippen molar-refractivity contribution in [3.63, 3.8) is 0 Å². The molecule has 0 aromatic heterocycles. The zero-order chi connectivity index (χ0) is 19.4. The Morgan fingerprint density at radius 1 is 1.04 bits per heavy atom. The normalized spacial score (nSPS) is 11.3. The molecule has 6 N–H and O–H groups in total. The predicted molar refractivity (Wildman–Crippen MR) is 97.0 cm³/mol. The van der Waals surface area contributed by atoms with Gasteiger partial charge < -0.3 is 0 Å². The van der Waals surface area contributed by atoms with Gasteiger partial charge in [-0.3, -0.25) is 0 Å². The van der Waals surface area contributed by atoms with E-state index >= 15 is 0 Å². The maximum absolute atomic E-state index is 12.1. The summed E-state index contributed by atoms with van der Waals surface area (Å²) in [7, 11) is 0. The number of hydrogen-bond acceptors (Lipinski definition) is 5. The molecule has 142 valence electrons. The van der Waals surface area contributed by atoms with Gasteiger partial charge in [0, 0.05) is 0 Å². The molecule has 3 amide bonds. The van der Waals surface area contributed by atoms with Crippen LogP contribution in [0.4, 0.5) is 0 Å². The maximum atomic E-state index is 12.1. The van der Waals surface area contributed by atoms with Gasteiger partial charge in [-0.2, -0.15) is 0 Å². The van der Waals surface area contributed by atoms with Crippen LogP contribution in [0.15, 0.2) is 30.3 Å². The summed E-state index contributed by atoms with van der Waals surface area (Å²) >= 11 is 0.255. The third-order valence-electron chi connectivity index (χ3n) is 2.83. The Hall–Kier alpha value is -1.90. The third-order valence-corrected chi connectivity index (χ3v) is 9.90. The van der Waals surface area contributed by atoms with E-state index in [-0.39, 0.29) is 39.4 Å². The Labute approximate surface area is 161 Å².